The normalized spacial score (nSPS) is 17.7. The summed E-state index contributed by atoms with van der Waals surface area (Å²) in [5.74, 6) is 1.05. The number of rotatable bonds is 11. The Morgan fingerprint density at radius 2 is 1.13 bits per heavy atom. The molecule has 2 fully saturated rings. The van der Waals surface area contributed by atoms with Crippen molar-refractivity contribution in [3.8, 4) is 30.9 Å². The van der Waals surface area contributed by atoms with Gasteiger partial charge in [0, 0.05) is 41.6 Å². The zero-order chi connectivity index (χ0) is 42.4. The van der Waals surface area contributed by atoms with Gasteiger partial charge < -0.3 is 39.9 Å². The smallest absolute Gasteiger partial charge is 0.407 e. The van der Waals surface area contributed by atoms with Crippen LogP contribution in [0.4, 0.5) is 9.59 Å². The predicted octanol–water partition coefficient (Wildman–Crippen LogP) is 9.49. The number of carbonyl (C=O) groups excluding carboxylic acids is 4. The van der Waals surface area contributed by atoms with Crippen LogP contribution < -0.4 is 10.6 Å². The Balaban J connectivity index is 0.877. The number of amides is 4. The van der Waals surface area contributed by atoms with Crippen molar-refractivity contribution in [2.45, 2.75) is 63.7 Å². The van der Waals surface area contributed by atoms with Gasteiger partial charge in [-0.1, -0.05) is 44.2 Å². The summed E-state index contributed by atoms with van der Waals surface area (Å²) in [6.45, 7) is 4.99. The quantitative estimate of drug-likeness (QED) is 0.0994. The van der Waals surface area contributed by atoms with Crippen LogP contribution in [0.25, 0.3) is 49.7 Å². The van der Waals surface area contributed by atoms with Gasteiger partial charge in [0.2, 0.25) is 5.91 Å². The molecule has 14 nitrogen and oxygen atoms in total. The summed E-state index contributed by atoms with van der Waals surface area (Å²) in [4.78, 5) is 76.5. The maximum Gasteiger partial charge on any atom is 0.407 e. The molecule has 0 radical (unpaired) electrons. The number of likely N-dealkylation sites (tertiary alicyclic amines) is 2. The SMILES string of the molecule is COC(=O)N[C@H](C(=O)N1CCC[C@H]1c1ncc(-c2cc3sc(-c4cc5sc(-c6cnc(C7CCCN7C(=O)[C@H](NC(=O)OC)c7ccccc7)[nH]6)cc5s4)cc3s2)[nH]1)C(C)C. The molecule has 4 amide bonds. The van der Waals surface area contributed by atoms with Crippen molar-refractivity contribution >= 4 is 88.1 Å². The number of H-pyrrole nitrogens is 2. The number of benzene rings is 1. The third-order valence-electron chi connectivity index (χ3n) is 11.3. The van der Waals surface area contributed by atoms with Crippen molar-refractivity contribution in [2.24, 2.45) is 5.92 Å². The highest BCUT2D eigenvalue weighted by Crippen LogP contribution is 2.47. The molecular formula is C43H44N8O6S4. The largest absolute Gasteiger partial charge is 0.453 e. The number of methoxy groups -OCH3 is 2. The first-order valence-corrected chi connectivity index (χ1v) is 23.4. The van der Waals surface area contributed by atoms with Crippen molar-refractivity contribution in [1.29, 1.82) is 0 Å². The van der Waals surface area contributed by atoms with Crippen molar-refractivity contribution in [1.82, 2.24) is 40.4 Å². The fourth-order valence-electron chi connectivity index (χ4n) is 8.23. The zero-order valence-electron chi connectivity index (χ0n) is 33.9. The topological polar surface area (TPSA) is 175 Å². The number of hydrogen-bond donors (Lipinski definition) is 4. The number of fused-ring (bicyclic) bond motifs is 2. The van der Waals surface area contributed by atoms with Crippen LogP contribution in [0.3, 0.4) is 0 Å². The van der Waals surface area contributed by atoms with Gasteiger partial charge in [-0.2, -0.15) is 0 Å². The fourth-order valence-corrected chi connectivity index (χ4v) is 13.0. The van der Waals surface area contributed by atoms with E-state index >= 15 is 0 Å². The molecule has 18 heteroatoms. The standard InChI is InChI=1S/C43H44N8O6S4/c1-22(2)36(48-42(54)56-3)40(52)50-14-8-12-26(50)38-44-20-24(46-38)28-16-30-32(58-28)18-34(60-30)35-19-33-31(61-35)17-29(59-33)25-21-45-39(47-25)27-13-9-15-51(27)41(53)37(49-43(55)57-4)23-10-6-5-7-11-23/h5-7,10-11,16-22,26-27,36-37H,8-9,12-15H2,1-4H3,(H,44,46)(H,45,47)(H,48,54)(H,49,55)/t26-,27?,36-,37+/m0/s1. The number of ether oxygens (including phenoxy) is 2. The maximum atomic E-state index is 13.9. The second-order valence-electron chi connectivity index (χ2n) is 15.5. The van der Waals surface area contributed by atoms with Crippen LogP contribution in [0.15, 0.2) is 67.0 Å². The summed E-state index contributed by atoms with van der Waals surface area (Å²) in [6, 6.07) is 16.2. The number of carbonyl (C=O) groups is 4. The van der Waals surface area contributed by atoms with Gasteiger partial charge in [-0.15, -0.1) is 45.3 Å². The molecule has 7 aromatic rings. The Labute approximate surface area is 367 Å². The van der Waals surface area contributed by atoms with E-state index in [0.717, 1.165) is 58.5 Å². The third-order valence-corrected chi connectivity index (χ3v) is 16.1. The summed E-state index contributed by atoms with van der Waals surface area (Å²) >= 11 is 6.98. The molecule has 0 aliphatic carbocycles. The lowest BCUT2D eigenvalue weighted by molar-refractivity contribution is -0.135. The summed E-state index contributed by atoms with van der Waals surface area (Å²) < 4.78 is 14.4. The van der Waals surface area contributed by atoms with Crippen molar-refractivity contribution < 1.29 is 28.7 Å². The number of hydrogen-bond acceptors (Lipinski definition) is 12. The second kappa shape index (κ2) is 17.1. The van der Waals surface area contributed by atoms with Crippen LogP contribution in [0.1, 0.15) is 74.9 Å². The average molecular weight is 897 g/mol. The van der Waals surface area contributed by atoms with E-state index in [2.05, 4.69) is 44.9 Å². The number of thiophene rings is 4. The first-order chi connectivity index (χ1) is 29.6. The van der Waals surface area contributed by atoms with Gasteiger partial charge >= 0.3 is 12.2 Å². The van der Waals surface area contributed by atoms with Gasteiger partial charge in [0.15, 0.2) is 0 Å². The number of nitrogens with zero attached hydrogens (tertiary/aromatic N) is 4. The average Bonchev–Trinajstić information content (AvgIpc) is 4.10. The van der Waals surface area contributed by atoms with Crippen LogP contribution in [-0.2, 0) is 19.1 Å². The van der Waals surface area contributed by atoms with Gasteiger partial charge in [0.25, 0.3) is 5.91 Å². The summed E-state index contributed by atoms with van der Waals surface area (Å²) in [6.07, 6.45) is 5.67. The van der Waals surface area contributed by atoms with E-state index in [1.54, 1.807) is 45.3 Å². The minimum absolute atomic E-state index is 0.0994. The van der Waals surface area contributed by atoms with Crippen LogP contribution in [0.5, 0.6) is 0 Å². The molecule has 0 spiro atoms. The molecule has 4 N–H and O–H groups in total. The van der Waals surface area contributed by atoms with Gasteiger partial charge in [-0.3, -0.25) is 9.59 Å². The Morgan fingerprint density at radius 3 is 1.62 bits per heavy atom. The highest BCUT2D eigenvalue weighted by molar-refractivity contribution is 7.35. The first-order valence-electron chi connectivity index (χ1n) is 20.1. The monoisotopic (exact) mass is 896 g/mol. The molecule has 316 valence electrons. The molecule has 0 bridgehead atoms. The van der Waals surface area contributed by atoms with Crippen LogP contribution in [-0.4, -0.2) is 87.1 Å². The molecule has 2 aliphatic heterocycles. The highest BCUT2D eigenvalue weighted by atomic mass is 32.1. The lowest BCUT2D eigenvalue weighted by Crippen LogP contribution is -2.51. The third kappa shape index (κ3) is 8.04. The summed E-state index contributed by atoms with van der Waals surface area (Å²) in [5.41, 5.74) is 2.52. The van der Waals surface area contributed by atoms with E-state index in [1.165, 1.54) is 42.8 Å². The number of aromatic amines is 2. The molecule has 1 aromatic carbocycles. The Hall–Kier alpha value is -5.56. The van der Waals surface area contributed by atoms with E-state index in [9.17, 15) is 19.2 Å². The molecule has 2 saturated heterocycles. The molecule has 1 unspecified atom stereocenters. The van der Waals surface area contributed by atoms with Gasteiger partial charge in [0.05, 0.1) is 59.8 Å². The van der Waals surface area contributed by atoms with Crippen LogP contribution in [0, 0.1) is 5.92 Å². The lowest BCUT2D eigenvalue weighted by atomic mass is 10.0. The fraction of sp³-hybridized carbons (Fsp3) is 0.349. The maximum absolute atomic E-state index is 13.9. The van der Waals surface area contributed by atoms with Crippen LogP contribution in [0.2, 0.25) is 0 Å². The Bertz CT molecular complexity index is 2660. The molecule has 8 heterocycles. The Morgan fingerprint density at radius 1 is 0.672 bits per heavy atom. The molecular weight excluding hydrogens is 853 g/mol. The van der Waals surface area contributed by atoms with E-state index in [1.807, 2.05) is 66.4 Å². The molecule has 9 rings (SSSR count). The molecule has 61 heavy (non-hydrogen) atoms. The predicted molar refractivity (Wildman–Crippen MR) is 240 cm³/mol. The van der Waals surface area contributed by atoms with E-state index in [-0.39, 0.29) is 29.8 Å². The second-order valence-corrected chi connectivity index (χ2v) is 19.8. The van der Waals surface area contributed by atoms with Crippen molar-refractivity contribution in [2.75, 3.05) is 27.3 Å². The van der Waals surface area contributed by atoms with Crippen LogP contribution >= 0.6 is 45.3 Å². The number of aromatic nitrogens is 4. The van der Waals surface area contributed by atoms with Crippen molar-refractivity contribution in [3.63, 3.8) is 0 Å². The van der Waals surface area contributed by atoms with Gasteiger partial charge in [-0.25, -0.2) is 19.6 Å². The molecule has 0 saturated carbocycles. The Kier molecular flexibility index (Phi) is 11.4. The zero-order valence-corrected chi connectivity index (χ0v) is 37.1. The highest BCUT2D eigenvalue weighted by Gasteiger charge is 2.39. The number of alkyl carbamates (subject to hydrolysis) is 2. The molecule has 4 atom stereocenters. The lowest BCUT2D eigenvalue weighted by Gasteiger charge is -2.30. The first kappa shape index (κ1) is 40.8. The van der Waals surface area contributed by atoms with E-state index in [0.29, 0.717) is 18.7 Å². The number of imidazole rings is 2. The van der Waals surface area contributed by atoms with E-state index < -0.39 is 24.3 Å². The minimum atomic E-state index is -0.871. The summed E-state index contributed by atoms with van der Waals surface area (Å²) in [7, 11) is 2.58. The van der Waals surface area contributed by atoms with Crippen molar-refractivity contribution in [3.05, 3.63) is 84.2 Å². The van der Waals surface area contributed by atoms with Gasteiger partial charge in [-0.05, 0) is 61.4 Å². The number of nitrogens with one attached hydrogen (secondary N) is 4. The summed E-state index contributed by atoms with van der Waals surface area (Å²) in [5, 5.41) is 5.44. The minimum Gasteiger partial charge on any atom is -0.453 e. The van der Waals surface area contributed by atoms with E-state index in [4.69, 9.17) is 19.4 Å². The molecule has 6 aromatic heterocycles. The van der Waals surface area contributed by atoms with Gasteiger partial charge in [0.1, 0.15) is 23.7 Å². The molecule has 2 aliphatic rings.